The standard InChI is InChI=1S/C27H26Cl2N4O3.C26H24Cl2N4O3.C25H22Cl2N4O3.C23H19Cl2N3O3/c1-36-24-14-20(29)13-22(27(35)32-25-10-9-19(28)16-31-25)21(24)15-23(34)17-5-7-18(8-6-17)26(30)33-11-3-2-4-12-33;1-35-23-13-19(28)12-21(26(34)31-24-9-8-18(27)15-30-24)20(23)14-22(33)16-4-6-17(7-5-16)25(29)32-10-2-3-11-32;1-31-10-9-28-24(31)16-5-3-15(4-6-16)21(32)13-19-20(11-18(27)12-22(19)34-2)25(33)30-23-8-7-17(26)14-29-23;1-13(26)14-3-5-15(6-4-14)20(29)11-18-19(9-17(25)10-21(18)31-2)23(30)28-22-8-7-16(24)12-27-22/h5-10,13-14,16,30H,2-4,11-12,15H2,1H3,(H,31,32,35);4-9,12-13,15,29H,2-3,10-11,14H2,1H3,(H,30,31,34);3-8,11-12,14H,9-10,13H2,1-2H3,(H,29,30,33);3-10,12,26H,11H2,1-2H3,(H,27,28,30). The summed E-state index contributed by atoms with van der Waals surface area (Å²) in [5.74, 6) is 1.85. The number of amides is 4. The third kappa shape index (κ3) is 27.2. The van der Waals surface area contributed by atoms with Gasteiger partial charge in [-0.05, 0) is 142 Å². The number of piperidine rings is 1. The second-order valence-electron chi connectivity index (χ2n) is 31.2. The minimum absolute atomic E-state index is 0.0443. The number of hydrogen-bond donors (Lipinski definition) is 7. The molecular weight excluding hydrogens is 1900 g/mol. The Kier molecular flexibility index (Phi) is 35.9. The van der Waals surface area contributed by atoms with Crippen LogP contribution in [-0.2, 0) is 25.7 Å². The molecule has 3 aliphatic rings. The summed E-state index contributed by atoms with van der Waals surface area (Å²) in [5.41, 5.74) is 8.14. The van der Waals surface area contributed by atoms with Crippen molar-refractivity contribution >= 4 is 186 Å². The first-order valence-corrected chi connectivity index (χ1v) is 45.6. The number of nitrogens with zero attached hydrogens (tertiary/aromatic N) is 8. The fourth-order valence-corrected chi connectivity index (χ4v) is 16.2. The predicted molar refractivity (Wildman–Crippen MR) is 535 cm³/mol. The zero-order chi connectivity index (χ0) is 97.4. The van der Waals surface area contributed by atoms with Crippen LogP contribution in [0.3, 0.4) is 0 Å². The van der Waals surface area contributed by atoms with E-state index < -0.39 is 23.6 Å². The minimum Gasteiger partial charge on any atom is -0.496 e. The van der Waals surface area contributed by atoms with Crippen molar-refractivity contribution in [1.82, 2.24) is 34.6 Å². The number of benzene rings is 8. The Bertz CT molecular complexity index is 6490. The van der Waals surface area contributed by atoms with Crippen LogP contribution in [0.25, 0.3) is 0 Å². The second kappa shape index (κ2) is 48.1. The summed E-state index contributed by atoms with van der Waals surface area (Å²) in [6.45, 7) is 6.84. The number of ketones is 4. The number of amidine groups is 3. The lowest BCUT2D eigenvalue weighted by atomic mass is 9.96. The lowest BCUT2D eigenvalue weighted by Crippen LogP contribution is -2.35. The molecule has 4 amide bonds. The number of carbonyl (C=O) groups is 8. The van der Waals surface area contributed by atoms with Crippen molar-refractivity contribution in [3.63, 3.8) is 0 Å². The number of aliphatic imine (C=N–C) groups is 1. The topological polar surface area (TPSA) is 367 Å². The summed E-state index contributed by atoms with van der Waals surface area (Å²) in [5, 5.41) is 38.4. The van der Waals surface area contributed by atoms with Gasteiger partial charge < -0.3 is 60.3 Å². The highest BCUT2D eigenvalue weighted by atomic mass is 35.5. The molecule has 2 fully saturated rings. The molecule has 0 spiro atoms. The molecule has 0 saturated carbocycles. The molecule has 4 aromatic heterocycles. The first-order valence-electron chi connectivity index (χ1n) is 42.5. The van der Waals surface area contributed by atoms with Crippen LogP contribution in [-0.4, -0.2) is 179 Å². The van der Waals surface area contributed by atoms with Crippen molar-refractivity contribution in [2.45, 2.75) is 64.7 Å². The van der Waals surface area contributed by atoms with E-state index >= 15 is 0 Å². The van der Waals surface area contributed by atoms with Crippen LogP contribution in [0, 0.1) is 16.2 Å². The number of Topliss-reactive ketones (excluding diaryl/α,β-unsaturated/α-hetero) is 4. The number of likely N-dealkylation sites (tertiary alicyclic amines) is 2. The van der Waals surface area contributed by atoms with Gasteiger partial charge in [0.05, 0.1) is 55.1 Å². The number of methoxy groups -OCH3 is 4. The van der Waals surface area contributed by atoms with Crippen LogP contribution in [0.2, 0.25) is 40.2 Å². The van der Waals surface area contributed by atoms with Crippen molar-refractivity contribution in [2.24, 2.45) is 4.99 Å². The van der Waals surface area contributed by atoms with Gasteiger partial charge in [-0.1, -0.05) is 190 Å². The lowest BCUT2D eigenvalue weighted by molar-refractivity contribution is 0.0979. The Morgan fingerprint density at radius 2 is 0.574 bits per heavy atom. The average Bonchev–Trinajstić information content (AvgIpc) is 0.819. The van der Waals surface area contributed by atoms with Gasteiger partial charge in [0, 0.05) is 199 Å². The zero-order valence-corrected chi connectivity index (χ0v) is 80.4. The molecule has 27 nitrogen and oxygen atoms in total. The highest BCUT2D eigenvalue weighted by Gasteiger charge is 2.29. The molecule has 3 aliphatic heterocycles. The molecule has 8 aromatic carbocycles. The third-order valence-electron chi connectivity index (χ3n) is 22.0. The average molecular weight is 1990 g/mol. The number of anilines is 4. The fraction of sp³-hybridized carbons (Fsp3) is 0.208. The zero-order valence-electron chi connectivity index (χ0n) is 74.4. The second-order valence-corrected chi connectivity index (χ2v) is 34.7. The molecule has 0 bridgehead atoms. The number of likely N-dealkylation sites (N-methyl/N-ethyl adjacent to an activating group) is 1. The van der Waals surface area contributed by atoms with Crippen molar-refractivity contribution in [3.8, 4) is 23.0 Å². The van der Waals surface area contributed by atoms with Crippen molar-refractivity contribution in [2.75, 3.05) is 96.0 Å². The van der Waals surface area contributed by atoms with Crippen molar-refractivity contribution in [1.29, 1.82) is 16.2 Å². The van der Waals surface area contributed by atoms with E-state index in [0.717, 1.165) is 93.0 Å². The van der Waals surface area contributed by atoms with E-state index in [1.807, 2.05) is 24.1 Å². The fourth-order valence-electron chi connectivity index (χ4n) is 14.9. The van der Waals surface area contributed by atoms with Gasteiger partial charge in [0.15, 0.2) is 23.1 Å². The summed E-state index contributed by atoms with van der Waals surface area (Å²) in [4.78, 5) is 132. The normalized spacial score (nSPS) is 12.5. The van der Waals surface area contributed by atoms with Crippen LogP contribution < -0.4 is 40.2 Å². The Morgan fingerprint density at radius 1 is 0.324 bits per heavy atom. The van der Waals surface area contributed by atoms with Gasteiger partial charge in [0.2, 0.25) is 0 Å². The first-order chi connectivity index (χ1) is 65.3. The Hall–Kier alpha value is -13.5. The van der Waals surface area contributed by atoms with Crippen LogP contribution >= 0.6 is 92.8 Å². The molecule has 7 N–H and O–H groups in total. The molecule has 0 radical (unpaired) electrons. The molecular formula is C101H91Cl8N15O12. The van der Waals surface area contributed by atoms with Crippen LogP contribution in [0.1, 0.15) is 166 Å². The Labute approximate surface area is 825 Å². The van der Waals surface area contributed by atoms with E-state index in [-0.39, 0.29) is 71.1 Å². The maximum absolute atomic E-state index is 13.2. The van der Waals surface area contributed by atoms with Gasteiger partial charge in [-0.15, -0.1) is 0 Å². The highest BCUT2D eigenvalue weighted by Crippen LogP contribution is 2.36. The van der Waals surface area contributed by atoms with E-state index in [1.165, 1.54) is 83.9 Å². The molecule has 2 saturated heterocycles. The summed E-state index contributed by atoms with van der Waals surface area (Å²) in [7, 11) is 7.83. The Morgan fingerprint density at radius 3 is 0.809 bits per heavy atom. The number of ether oxygens (including phenoxy) is 4. The number of carbonyl (C=O) groups excluding carboxylic acids is 8. The molecule has 698 valence electrons. The number of hydrogen-bond acceptors (Lipinski definition) is 21. The van der Waals surface area contributed by atoms with Crippen molar-refractivity contribution in [3.05, 3.63) is 348 Å². The number of rotatable bonds is 28. The predicted octanol–water partition coefficient (Wildman–Crippen LogP) is 21.6. The van der Waals surface area contributed by atoms with Gasteiger partial charge in [-0.3, -0.25) is 54.2 Å². The number of nitrogens with one attached hydrogen (secondary N) is 7. The van der Waals surface area contributed by atoms with Gasteiger partial charge in [-0.25, -0.2) is 19.9 Å². The summed E-state index contributed by atoms with van der Waals surface area (Å²) >= 11 is 48.3. The Balaban J connectivity index is 0.000000163. The molecule has 0 atom stereocenters. The monoisotopic (exact) mass is 1990 g/mol. The van der Waals surface area contributed by atoms with Gasteiger partial charge in [0.1, 0.15) is 63.8 Å². The molecule has 12 aromatic rings. The van der Waals surface area contributed by atoms with E-state index in [9.17, 15) is 38.4 Å². The van der Waals surface area contributed by atoms with Gasteiger partial charge in [-0.2, -0.15) is 0 Å². The minimum atomic E-state index is -0.479. The van der Waals surface area contributed by atoms with E-state index in [0.29, 0.717) is 148 Å². The van der Waals surface area contributed by atoms with Crippen LogP contribution in [0.5, 0.6) is 23.0 Å². The maximum Gasteiger partial charge on any atom is 0.257 e. The van der Waals surface area contributed by atoms with Crippen molar-refractivity contribution < 1.29 is 57.3 Å². The molecule has 136 heavy (non-hydrogen) atoms. The van der Waals surface area contributed by atoms with E-state index in [2.05, 4.69) is 56.0 Å². The van der Waals surface area contributed by atoms with Gasteiger partial charge in [0.25, 0.3) is 23.6 Å². The lowest BCUT2D eigenvalue weighted by Gasteiger charge is -2.29. The van der Waals surface area contributed by atoms with E-state index in [1.54, 1.807) is 165 Å². The molecule has 0 aliphatic carbocycles. The largest absolute Gasteiger partial charge is 0.496 e. The smallest absolute Gasteiger partial charge is 0.257 e. The number of aromatic nitrogens is 4. The number of pyridine rings is 4. The SMILES string of the molecule is COc1cc(Cl)cc(C(=O)Nc2ccc(Cl)cn2)c1CC(=O)c1ccc(C(=N)N2CCCC2)cc1.COc1cc(Cl)cc(C(=O)Nc2ccc(Cl)cn2)c1CC(=O)c1ccc(C(=N)N2CCCCC2)cc1.COc1cc(Cl)cc(C(=O)Nc2ccc(Cl)cn2)c1CC(=O)c1ccc(C(C)=N)cc1.COc1cc(Cl)cc(C(=O)Nc2ccc(Cl)cn2)c1CC(=O)c1ccc(C2=NCCN2C)cc1. The summed E-state index contributed by atoms with van der Waals surface area (Å²) in [6, 6.07) is 53.1. The first kappa shape index (κ1) is 101. The van der Waals surface area contributed by atoms with E-state index in [4.69, 9.17) is 128 Å². The highest BCUT2D eigenvalue weighted by molar-refractivity contribution is 6.34. The summed E-state index contributed by atoms with van der Waals surface area (Å²) < 4.78 is 21.7. The van der Waals surface area contributed by atoms with Crippen LogP contribution in [0.4, 0.5) is 23.3 Å². The molecule has 7 heterocycles. The molecule has 15 rings (SSSR count). The number of halogens is 8. The molecule has 35 heteroatoms. The van der Waals surface area contributed by atoms with Crippen LogP contribution in [0.15, 0.2) is 224 Å². The summed E-state index contributed by atoms with van der Waals surface area (Å²) in [6.07, 6.45) is 11.0. The third-order valence-corrected chi connectivity index (χ3v) is 23.8. The molecule has 0 unspecified atom stereocenters. The quantitative estimate of drug-likeness (QED) is 0.0136. The maximum atomic E-state index is 13.2. The van der Waals surface area contributed by atoms with Gasteiger partial charge >= 0.3 is 0 Å².